The second kappa shape index (κ2) is 7.14. The van der Waals surface area contributed by atoms with Gasteiger partial charge in [-0.05, 0) is 29.7 Å². The molecule has 0 saturated heterocycles. The minimum atomic E-state index is -0.924. The van der Waals surface area contributed by atoms with E-state index >= 15 is 0 Å². The highest BCUT2D eigenvalue weighted by Crippen LogP contribution is 2.27. The molecular formula is C14H18ClNO3. The average Bonchev–Trinajstić information content (AvgIpc) is 2.36. The van der Waals surface area contributed by atoms with Crippen molar-refractivity contribution in [1.82, 2.24) is 5.32 Å². The highest BCUT2D eigenvalue weighted by Gasteiger charge is 2.19. The molecule has 0 aliphatic carbocycles. The molecule has 1 aromatic rings. The van der Waals surface area contributed by atoms with Gasteiger partial charge in [0.2, 0.25) is 5.91 Å². The highest BCUT2D eigenvalue weighted by atomic mass is 35.5. The largest absolute Gasteiger partial charge is 0.481 e. The summed E-state index contributed by atoms with van der Waals surface area (Å²) in [6.07, 6.45) is 0.872. The lowest BCUT2D eigenvalue weighted by atomic mass is 9.90. The van der Waals surface area contributed by atoms with Crippen LogP contribution < -0.4 is 5.32 Å². The molecule has 0 aliphatic rings. The number of nitrogens with one attached hydrogen (secondary N) is 1. The first-order valence-electron chi connectivity index (χ1n) is 6.18. The molecule has 2 N–H and O–H groups in total. The summed E-state index contributed by atoms with van der Waals surface area (Å²) < 4.78 is 0. The van der Waals surface area contributed by atoms with Crippen molar-refractivity contribution in [1.29, 1.82) is 0 Å². The van der Waals surface area contributed by atoms with Gasteiger partial charge in [0.1, 0.15) is 0 Å². The Labute approximate surface area is 117 Å². The number of benzene rings is 1. The molecule has 19 heavy (non-hydrogen) atoms. The van der Waals surface area contributed by atoms with Crippen LogP contribution >= 0.6 is 11.6 Å². The molecule has 1 rings (SSSR count). The Bertz CT molecular complexity index is 474. The standard InChI is InChI=1S/C14H18ClNO3/c1-3-9-4-10(6-12(15)5-9)11(8-14(18)19)7-13(17)16-2/h4-6,11H,3,7-8H2,1-2H3,(H,16,17)(H,18,19). The van der Waals surface area contributed by atoms with Crippen molar-refractivity contribution in [2.45, 2.75) is 32.1 Å². The van der Waals surface area contributed by atoms with E-state index in [1.54, 1.807) is 6.07 Å². The Balaban J connectivity index is 3.04. The molecule has 5 heteroatoms. The topological polar surface area (TPSA) is 66.4 Å². The normalized spacial score (nSPS) is 11.9. The SMILES string of the molecule is CCc1cc(Cl)cc(C(CC(=O)O)CC(=O)NC)c1. The molecule has 0 saturated carbocycles. The van der Waals surface area contributed by atoms with E-state index in [0.29, 0.717) is 5.02 Å². The minimum absolute atomic E-state index is 0.0864. The number of carbonyl (C=O) groups excluding carboxylic acids is 1. The van der Waals surface area contributed by atoms with Gasteiger partial charge in [-0.3, -0.25) is 9.59 Å². The Kier molecular flexibility index (Phi) is 5.83. The van der Waals surface area contributed by atoms with Crippen LogP contribution in [0, 0.1) is 0 Å². The number of halogens is 1. The summed E-state index contributed by atoms with van der Waals surface area (Å²) in [5.41, 5.74) is 1.84. The zero-order valence-electron chi connectivity index (χ0n) is 11.1. The van der Waals surface area contributed by atoms with Crippen LogP contribution in [0.4, 0.5) is 0 Å². The molecule has 0 aromatic heterocycles. The molecule has 0 spiro atoms. The van der Waals surface area contributed by atoms with Gasteiger partial charge < -0.3 is 10.4 Å². The molecule has 1 atom stereocenters. The molecule has 1 aromatic carbocycles. The molecule has 4 nitrogen and oxygen atoms in total. The summed E-state index contributed by atoms with van der Waals surface area (Å²) in [5.74, 6) is -1.46. The van der Waals surface area contributed by atoms with Gasteiger partial charge in [-0.1, -0.05) is 24.6 Å². The third-order valence-corrected chi connectivity index (χ3v) is 3.21. The predicted octanol–water partition coefficient (Wildman–Crippen LogP) is 2.60. The maximum atomic E-state index is 11.5. The first kappa shape index (κ1) is 15.5. The van der Waals surface area contributed by atoms with Crippen molar-refractivity contribution >= 4 is 23.5 Å². The highest BCUT2D eigenvalue weighted by molar-refractivity contribution is 6.30. The van der Waals surface area contributed by atoms with E-state index < -0.39 is 5.97 Å². The summed E-state index contributed by atoms with van der Waals surface area (Å²) in [6, 6.07) is 5.50. The van der Waals surface area contributed by atoms with Gasteiger partial charge in [0, 0.05) is 24.4 Å². The third kappa shape index (κ3) is 4.91. The van der Waals surface area contributed by atoms with Gasteiger partial charge in [-0.2, -0.15) is 0 Å². The summed E-state index contributed by atoms with van der Waals surface area (Å²) in [5, 5.41) is 12.0. The van der Waals surface area contributed by atoms with E-state index in [0.717, 1.165) is 17.5 Å². The number of rotatable bonds is 6. The van der Waals surface area contributed by atoms with Gasteiger partial charge in [0.15, 0.2) is 0 Å². The molecule has 0 bridgehead atoms. The number of carboxylic acids is 1. The minimum Gasteiger partial charge on any atom is -0.481 e. The lowest BCUT2D eigenvalue weighted by Crippen LogP contribution is -2.21. The smallest absolute Gasteiger partial charge is 0.303 e. The lowest BCUT2D eigenvalue weighted by molar-refractivity contribution is -0.137. The molecule has 1 unspecified atom stereocenters. The fraction of sp³-hybridized carbons (Fsp3) is 0.429. The Morgan fingerprint density at radius 1 is 1.32 bits per heavy atom. The maximum absolute atomic E-state index is 11.5. The van der Waals surface area contributed by atoms with Crippen LogP contribution in [-0.2, 0) is 16.0 Å². The Morgan fingerprint density at radius 2 is 2.00 bits per heavy atom. The lowest BCUT2D eigenvalue weighted by Gasteiger charge is -2.16. The molecule has 0 aliphatic heterocycles. The number of carboxylic acid groups (broad SMARTS) is 1. The number of hydrogen-bond acceptors (Lipinski definition) is 2. The molecule has 104 valence electrons. The van der Waals surface area contributed by atoms with E-state index in [9.17, 15) is 9.59 Å². The summed E-state index contributed by atoms with van der Waals surface area (Å²) >= 11 is 6.03. The fourth-order valence-electron chi connectivity index (χ4n) is 1.96. The summed E-state index contributed by atoms with van der Waals surface area (Å²) in [7, 11) is 1.54. The van der Waals surface area contributed by atoms with Crippen LogP contribution in [0.3, 0.4) is 0 Å². The third-order valence-electron chi connectivity index (χ3n) is 2.99. The van der Waals surface area contributed by atoms with E-state index in [2.05, 4.69) is 5.32 Å². The number of aryl methyl sites for hydroxylation is 1. The van der Waals surface area contributed by atoms with Crippen LogP contribution in [0.15, 0.2) is 18.2 Å². The monoisotopic (exact) mass is 283 g/mol. The van der Waals surface area contributed by atoms with E-state index in [4.69, 9.17) is 16.7 Å². The van der Waals surface area contributed by atoms with Crippen LogP contribution in [0.5, 0.6) is 0 Å². The number of carbonyl (C=O) groups is 2. The molecule has 0 radical (unpaired) electrons. The first-order chi connectivity index (χ1) is 8.96. The first-order valence-corrected chi connectivity index (χ1v) is 6.55. The molecule has 1 amide bonds. The Hall–Kier alpha value is -1.55. The molecule has 0 heterocycles. The maximum Gasteiger partial charge on any atom is 0.303 e. The van der Waals surface area contributed by atoms with Crippen LogP contribution in [0.2, 0.25) is 5.02 Å². The number of hydrogen-bond donors (Lipinski definition) is 2. The van der Waals surface area contributed by atoms with Crippen LogP contribution in [0.25, 0.3) is 0 Å². The Morgan fingerprint density at radius 3 is 2.53 bits per heavy atom. The average molecular weight is 284 g/mol. The van der Waals surface area contributed by atoms with Crippen molar-refractivity contribution in [3.63, 3.8) is 0 Å². The second-order valence-electron chi connectivity index (χ2n) is 4.42. The van der Waals surface area contributed by atoms with Gasteiger partial charge in [-0.15, -0.1) is 0 Å². The van der Waals surface area contributed by atoms with Gasteiger partial charge in [0.25, 0.3) is 0 Å². The predicted molar refractivity (Wildman–Crippen MR) is 74.5 cm³/mol. The van der Waals surface area contributed by atoms with E-state index in [1.807, 2.05) is 19.1 Å². The van der Waals surface area contributed by atoms with Crippen molar-refractivity contribution < 1.29 is 14.7 Å². The fourth-order valence-corrected chi connectivity index (χ4v) is 2.23. The van der Waals surface area contributed by atoms with Crippen LogP contribution in [0.1, 0.15) is 36.8 Å². The van der Waals surface area contributed by atoms with Crippen molar-refractivity contribution in [3.05, 3.63) is 34.3 Å². The van der Waals surface area contributed by atoms with E-state index in [1.165, 1.54) is 7.05 Å². The molecular weight excluding hydrogens is 266 g/mol. The zero-order valence-corrected chi connectivity index (χ0v) is 11.8. The van der Waals surface area contributed by atoms with Crippen molar-refractivity contribution in [3.8, 4) is 0 Å². The van der Waals surface area contributed by atoms with Gasteiger partial charge in [-0.25, -0.2) is 0 Å². The second-order valence-corrected chi connectivity index (χ2v) is 4.85. The summed E-state index contributed by atoms with van der Waals surface area (Å²) in [4.78, 5) is 22.4. The quantitative estimate of drug-likeness (QED) is 0.843. The van der Waals surface area contributed by atoms with Crippen molar-refractivity contribution in [2.24, 2.45) is 0 Å². The summed E-state index contributed by atoms with van der Waals surface area (Å²) in [6.45, 7) is 2.00. The van der Waals surface area contributed by atoms with Crippen LogP contribution in [-0.4, -0.2) is 24.0 Å². The zero-order chi connectivity index (χ0) is 14.4. The van der Waals surface area contributed by atoms with Crippen molar-refractivity contribution in [2.75, 3.05) is 7.05 Å². The number of aliphatic carboxylic acids is 1. The molecule has 0 fully saturated rings. The van der Waals surface area contributed by atoms with Gasteiger partial charge >= 0.3 is 5.97 Å². The van der Waals surface area contributed by atoms with Gasteiger partial charge in [0.05, 0.1) is 6.42 Å². The van der Waals surface area contributed by atoms with E-state index in [-0.39, 0.29) is 24.7 Å². The number of amides is 1.